The Balaban J connectivity index is 1.46. The molecule has 0 aliphatic rings. The quantitative estimate of drug-likeness (QED) is 0.518. The summed E-state index contributed by atoms with van der Waals surface area (Å²) in [5.74, 6) is 1.37. The molecule has 0 atom stereocenters. The maximum atomic E-state index is 4.61. The van der Waals surface area contributed by atoms with Crippen molar-refractivity contribution in [3.8, 4) is 11.3 Å². The lowest BCUT2D eigenvalue weighted by atomic mass is 10.2. The van der Waals surface area contributed by atoms with Gasteiger partial charge in [0.25, 0.3) is 0 Å². The van der Waals surface area contributed by atoms with Crippen molar-refractivity contribution in [1.29, 1.82) is 0 Å². The van der Waals surface area contributed by atoms with Crippen molar-refractivity contribution < 1.29 is 0 Å². The normalized spacial score (nSPS) is 10.5. The van der Waals surface area contributed by atoms with Crippen molar-refractivity contribution in [1.82, 2.24) is 19.9 Å². The average Bonchev–Trinajstić information content (AvgIpc) is 2.75. The van der Waals surface area contributed by atoms with E-state index in [0.29, 0.717) is 12.5 Å². The standard InChI is InChI=1S/C22H20N6/c1-16-4-2-3-5-19(16)27-22-24-13-10-20(28-22)18-6-7-21(26-15-18)25-14-17-8-11-23-12-9-17/h2-13,15H,14H2,1H3,(H,25,26)(H,24,27,28). The summed E-state index contributed by atoms with van der Waals surface area (Å²) in [6.07, 6.45) is 7.13. The van der Waals surface area contributed by atoms with Gasteiger partial charge in [-0.05, 0) is 54.4 Å². The second kappa shape index (κ2) is 8.26. The molecule has 6 heteroatoms. The summed E-state index contributed by atoms with van der Waals surface area (Å²) in [7, 11) is 0. The lowest BCUT2D eigenvalue weighted by molar-refractivity contribution is 1.10. The number of hydrogen-bond donors (Lipinski definition) is 2. The smallest absolute Gasteiger partial charge is 0.227 e. The Hall–Kier alpha value is -3.80. The van der Waals surface area contributed by atoms with Crippen molar-refractivity contribution in [3.05, 3.63) is 90.5 Å². The first-order valence-corrected chi connectivity index (χ1v) is 9.03. The molecule has 0 amide bonds. The van der Waals surface area contributed by atoms with Gasteiger partial charge in [-0.25, -0.2) is 15.0 Å². The summed E-state index contributed by atoms with van der Waals surface area (Å²) in [6, 6.07) is 17.8. The van der Waals surface area contributed by atoms with E-state index in [9.17, 15) is 0 Å². The molecule has 4 aromatic rings. The Kier molecular flexibility index (Phi) is 5.20. The lowest BCUT2D eigenvalue weighted by Crippen LogP contribution is -2.02. The van der Waals surface area contributed by atoms with Gasteiger partial charge >= 0.3 is 0 Å². The third kappa shape index (κ3) is 4.29. The Morgan fingerprint density at radius 1 is 0.857 bits per heavy atom. The molecule has 6 nitrogen and oxygen atoms in total. The van der Waals surface area contributed by atoms with E-state index < -0.39 is 0 Å². The van der Waals surface area contributed by atoms with Crippen LogP contribution in [0.25, 0.3) is 11.3 Å². The van der Waals surface area contributed by atoms with Crippen LogP contribution < -0.4 is 10.6 Å². The minimum absolute atomic E-state index is 0.562. The molecule has 0 saturated heterocycles. The van der Waals surface area contributed by atoms with Crippen molar-refractivity contribution in [2.24, 2.45) is 0 Å². The van der Waals surface area contributed by atoms with Crippen LogP contribution >= 0.6 is 0 Å². The van der Waals surface area contributed by atoms with Gasteiger partial charge < -0.3 is 10.6 Å². The topological polar surface area (TPSA) is 75.6 Å². The van der Waals surface area contributed by atoms with E-state index in [1.165, 1.54) is 0 Å². The van der Waals surface area contributed by atoms with Gasteiger partial charge in [-0.1, -0.05) is 18.2 Å². The third-order valence-electron chi connectivity index (χ3n) is 4.33. The second-order valence-electron chi connectivity index (χ2n) is 6.35. The lowest BCUT2D eigenvalue weighted by Gasteiger charge is -2.09. The van der Waals surface area contributed by atoms with Crippen LogP contribution in [-0.2, 0) is 6.54 Å². The van der Waals surface area contributed by atoms with Gasteiger partial charge in [-0.3, -0.25) is 4.98 Å². The second-order valence-corrected chi connectivity index (χ2v) is 6.35. The molecule has 1 aromatic carbocycles. The van der Waals surface area contributed by atoms with Gasteiger partial charge in [-0.2, -0.15) is 0 Å². The molecular formula is C22H20N6. The Bertz CT molecular complexity index is 1050. The van der Waals surface area contributed by atoms with Crippen LogP contribution in [-0.4, -0.2) is 19.9 Å². The molecule has 138 valence electrons. The number of rotatable bonds is 6. The summed E-state index contributed by atoms with van der Waals surface area (Å²) in [5.41, 5.74) is 5.05. The van der Waals surface area contributed by atoms with Gasteiger partial charge in [0, 0.05) is 42.6 Å². The number of hydrogen-bond acceptors (Lipinski definition) is 6. The molecule has 2 N–H and O–H groups in total. The minimum atomic E-state index is 0.562. The summed E-state index contributed by atoms with van der Waals surface area (Å²) in [5, 5.41) is 6.58. The molecule has 0 unspecified atom stereocenters. The zero-order valence-electron chi connectivity index (χ0n) is 15.5. The largest absolute Gasteiger partial charge is 0.366 e. The monoisotopic (exact) mass is 368 g/mol. The highest BCUT2D eigenvalue weighted by Gasteiger charge is 2.05. The fourth-order valence-corrected chi connectivity index (χ4v) is 2.76. The number of aryl methyl sites for hydroxylation is 1. The van der Waals surface area contributed by atoms with Crippen LogP contribution in [0.5, 0.6) is 0 Å². The van der Waals surface area contributed by atoms with Gasteiger partial charge in [0.05, 0.1) is 5.69 Å². The SMILES string of the molecule is Cc1ccccc1Nc1nccc(-c2ccc(NCc3ccncc3)nc2)n1. The minimum Gasteiger partial charge on any atom is -0.366 e. The Labute approximate surface area is 163 Å². The number of aromatic nitrogens is 4. The van der Waals surface area contributed by atoms with Crippen molar-refractivity contribution in [2.45, 2.75) is 13.5 Å². The molecule has 0 bridgehead atoms. The molecule has 0 spiro atoms. The molecule has 0 aliphatic heterocycles. The van der Waals surface area contributed by atoms with E-state index in [1.807, 2.05) is 67.7 Å². The number of anilines is 3. The summed E-state index contributed by atoms with van der Waals surface area (Å²) in [6.45, 7) is 2.75. The zero-order valence-corrected chi connectivity index (χ0v) is 15.5. The highest BCUT2D eigenvalue weighted by molar-refractivity contribution is 5.63. The third-order valence-corrected chi connectivity index (χ3v) is 4.33. The average molecular weight is 368 g/mol. The molecule has 3 aromatic heterocycles. The van der Waals surface area contributed by atoms with E-state index in [1.54, 1.807) is 18.6 Å². The fourth-order valence-electron chi connectivity index (χ4n) is 2.76. The first-order valence-electron chi connectivity index (χ1n) is 9.03. The number of nitrogens with one attached hydrogen (secondary N) is 2. The molecule has 0 radical (unpaired) electrons. The van der Waals surface area contributed by atoms with Crippen molar-refractivity contribution in [3.63, 3.8) is 0 Å². The van der Waals surface area contributed by atoms with E-state index in [-0.39, 0.29) is 0 Å². The van der Waals surface area contributed by atoms with E-state index in [4.69, 9.17) is 0 Å². The molecule has 0 saturated carbocycles. The van der Waals surface area contributed by atoms with Gasteiger partial charge in [-0.15, -0.1) is 0 Å². The van der Waals surface area contributed by atoms with Crippen LogP contribution in [0.4, 0.5) is 17.5 Å². The summed E-state index contributed by atoms with van der Waals surface area (Å²) >= 11 is 0. The first kappa shape index (κ1) is 17.6. The zero-order chi connectivity index (χ0) is 19.2. The molecule has 0 fully saturated rings. The van der Waals surface area contributed by atoms with Crippen LogP contribution in [0.2, 0.25) is 0 Å². The number of para-hydroxylation sites is 1. The van der Waals surface area contributed by atoms with E-state index >= 15 is 0 Å². The molecule has 28 heavy (non-hydrogen) atoms. The number of nitrogens with zero attached hydrogens (tertiary/aromatic N) is 4. The fraction of sp³-hybridized carbons (Fsp3) is 0.0909. The van der Waals surface area contributed by atoms with Crippen LogP contribution in [0, 0.1) is 6.92 Å². The van der Waals surface area contributed by atoms with Crippen molar-refractivity contribution >= 4 is 17.5 Å². The van der Waals surface area contributed by atoms with E-state index in [2.05, 4.69) is 30.6 Å². The molecule has 0 aliphatic carbocycles. The Morgan fingerprint density at radius 3 is 2.50 bits per heavy atom. The van der Waals surface area contributed by atoms with Crippen LogP contribution in [0.15, 0.2) is 79.4 Å². The number of pyridine rings is 2. The summed E-state index contributed by atoms with van der Waals surface area (Å²) < 4.78 is 0. The van der Waals surface area contributed by atoms with Crippen molar-refractivity contribution in [2.75, 3.05) is 10.6 Å². The first-order chi connectivity index (χ1) is 13.8. The van der Waals surface area contributed by atoms with Gasteiger partial charge in [0.15, 0.2) is 0 Å². The highest BCUT2D eigenvalue weighted by Crippen LogP contribution is 2.21. The highest BCUT2D eigenvalue weighted by atomic mass is 15.1. The predicted molar refractivity (Wildman–Crippen MR) is 111 cm³/mol. The molecule has 3 heterocycles. The molecular weight excluding hydrogens is 348 g/mol. The van der Waals surface area contributed by atoms with Crippen LogP contribution in [0.3, 0.4) is 0 Å². The van der Waals surface area contributed by atoms with Crippen LogP contribution in [0.1, 0.15) is 11.1 Å². The summed E-state index contributed by atoms with van der Waals surface area (Å²) in [4.78, 5) is 17.4. The van der Waals surface area contributed by atoms with E-state index in [0.717, 1.165) is 33.9 Å². The molecule has 4 rings (SSSR count). The van der Waals surface area contributed by atoms with Gasteiger partial charge in [0.2, 0.25) is 5.95 Å². The Morgan fingerprint density at radius 2 is 1.71 bits per heavy atom. The maximum absolute atomic E-state index is 4.61. The maximum Gasteiger partial charge on any atom is 0.227 e. The number of benzene rings is 1. The van der Waals surface area contributed by atoms with Gasteiger partial charge in [0.1, 0.15) is 5.82 Å². The predicted octanol–water partition coefficient (Wildman–Crippen LogP) is 4.60.